The van der Waals surface area contributed by atoms with E-state index in [9.17, 15) is 9.18 Å². The van der Waals surface area contributed by atoms with Crippen molar-refractivity contribution >= 4 is 33.3 Å². The summed E-state index contributed by atoms with van der Waals surface area (Å²) < 4.78 is 14.4. The summed E-state index contributed by atoms with van der Waals surface area (Å²) in [4.78, 5) is 12.2. The lowest BCUT2D eigenvalue weighted by Gasteiger charge is -2.07. The van der Waals surface area contributed by atoms with E-state index >= 15 is 0 Å². The van der Waals surface area contributed by atoms with E-state index in [4.69, 9.17) is 11.6 Å². The van der Waals surface area contributed by atoms with E-state index < -0.39 is 5.82 Å². The van der Waals surface area contributed by atoms with Crippen LogP contribution in [0.25, 0.3) is 0 Å². The molecule has 0 aliphatic carbocycles. The highest BCUT2D eigenvalue weighted by Crippen LogP contribution is 2.23. The number of hydrogen-bond acceptors (Lipinski definition) is 1. The van der Waals surface area contributed by atoms with Gasteiger partial charge in [-0.25, -0.2) is 4.39 Å². The molecule has 0 N–H and O–H groups in total. The van der Waals surface area contributed by atoms with Crippen LogP contribution in [0.2, 0.25) is 5.02 Å². The van der Waals surface area contributed by atoms with Gasteiger partial charge in [-0.3, -0.25) is 4.79 Å². The lowest BCUT2D eigenvalue weighted by Crippen LogP contribution is -2.06. The molecule has 4 heteroatoms. The molecule has 19 heavy (non-hydrogen) atoms. The van der Waals surface area contributed by atoms with Crippen molar-refractivity contribution in [3.8, 4) is 0 Å². The van der Waals surface area contributed by atoms with Gasteiger partial charge >= 0.3 is 0 Å². The van der Waals surface area contributed by atoms with E-state index in [0.29, 0.717) is 16.1 Å². The van der Waals surface area contributed by atoms with Gasteiger partial charge in [-0.2, -0.15) is 0 Å². The molecule has 0 aliphatic rings. The minimum Gasteiger partial charge on any atom is -0.294 e. The molecular formula is C15H11BrClFO. The monoisotopic (exact) mass is 340 g/mol. The van der Waals surface area contributed by atoms with Crippen molar-refractivity contribution in [3.05, 3.63) is 68.4 Å². The average molecular weight is 342 g/mol. The summed E-state index contributed by atoms with van der Waals surface area (Å²) in [5.41, 5.74) is 1.89. The fourth-order valence-electron chi connectivity index (χ4n) is 1.80. The van der Waals surface area contributed by atoms with E-state index in [2.05, 4.69) is 15.9 Å². The van der Waals surface area contributed by atoms with Crippen molar-refractivity contribution < 1.29 is 9.18 Å². The second-order valence-corrected chi connectivity index (χ2v) is 5.50. The van der Waals surface area contributed by atoms with Crippen molar-refractivity contribution in [2.45, 2.75) is 13.3 Å². The van der Waals surface area contributed by atoms with Gasteiger partial charge in [0.25, 0.3) is 0 Å². The minimum atomic E-state index is -0.454. The number of benzene rings is 2. The molecule has 0 aliphatic heterocycles. The van der Waals surface area contributed by atoms with E-state index in [1.54, 1.807) is 18.2 Å². The Morgan fingerprint density at radius 1 is 1.32 bits per heavy atom. The lowest BCUT2D eigenvalue weighted by molar-refractivity contribution is 0.0991. The van der Waals surface area contributed by atoms with Crippen LogP contribution >= 0.6 is 27.5 Å². The molecular weight excluding hydrogens is 331 g/mol. The summed E-state index contributed by atoms with van der Waals surface area (Å²) in [7, 11) is 0. The first-order chi connectivity index (χ1) is 8.99. The number of halogens is 3. The Kier molecular flexibility index (Phi) is 4.38. The van der Waals surface area contributed by atoms with Crippen LogP contribution in [-0.2, 0) is 6.42 Å². The maximum Gasteiger partial charge on any atom is 0.168 e. The number of carbonyl (C=O) groups excluding carboxylic acids is 1. The largest absolute Gasteiger partial charge is 0.294 e. The molecule has 2 aromatic carbocycles. The Morgan fingerprint density at radius 2 is 2.05 bits per heavy atom. The number of carbonyl (C=O) groups is 1. The Labute approximate surface area is 124 Å². The number of aryl methyl sites for hydroxylation is 1. The molecule has 0 heterocycles. The highest BCUT2D eigenvalue weighted by atomic mass is 79.9. The van der Waals surface area contributed by atoms with E-state index in [1.807, 2.05) is 19.1 Å². The van der Waals surface area contributed by atoms with Gasteiger partial charge in [0.1, 0.15) is 5.82 Å². The highest BCUT2D eigenvalue weighted by Gasteiger charge is 2.14. The van der Waals surface area contributed by atoms with Crippen LogP contribution in [0.3, 0.4) is 0 Å². The fourth-order valence-corrected chi connectivity index (χ4v) is 2.44. The molecule has 98 valence electrons. The first-order valence-electron chi connectivity index (χ1n) is 5.71. The van der Waals surface area contributed by atoms with Gasteiger partial charge in [0.2, 0.25) is 0 Å². The number of Topliss-reactive ketones (excluding diaryl/α,β-unsaturated/α-hetero) is 1. The van der Waals surface area contributed by atoms with Gasteiger partial charge in [-0.05, 0) is 46.1 Å². The van der Waals surface area contributed by atoms with Crippen molar-refractivity contribution in [2.24, 2.45) is 0 Å². The van der Waals surface area contributed by atoms with Crippen LogP contribution < -0.4 is 0 Å². The Bertz CT molecular complexity index is 640. The second-order valence-electron chi connectivity index (χ2n) is 4.27. The fraction of sp³-hybridized carbons (Fsp3) is 0.133. The summed E-state index contributed by atoms with van der Waals surface area (Å²) >= 11 is 9.07. The molecule has 0 saturated carbocycles. The SMILES string of the molecule is Cc1cccc(C(=O)Cc2ccc(Cl)cc2F)c1Br. The summed E-state index contributed by atoms with van der Waals surface area (Å²) in [5.74, 6) is -0.582. The maximum absolute atomic E-state index is 13.7. The van der Waals surface area contributed by atoms with Crippen molar-refractivity contribution in [2.75, 3.05) is 0 Å². The zero-order chi connectivity index (χ0) is 14.0. The van der Waals surface area contributed by atoms with Crippen molar-refractivity contribution in [1.82, 2.24) is 0 Å². The van der Waals surface area contributed by atoms with Gasteiger partial charge in [0.15, 0.2) is 5.78 Å². The third-order valence-corrected chi connectivity index (χ3v) is 4.15. The normalized spacial score (nSPS) is 10.5. The molecule has 0 atom stereocenters. The molecule has 0 radical (unpaired) electrons. The molecule has 0 spiro atoms. The molecule has 2 rings (SSSR count). The first-order valence-corrected chi connectivity index (χ1v) is 6.88. The molecule has 2 aromatic rings. The second kappa shape index (κ2) is 5.85. The molecule has 0 bridgehead atoms. The quantitative estimate of drug-likeness (QED) is 0.720. The number of hydrogen-bond donors (Lipinski definition) is 0. The third kappa shape index (κ3) is 3.23. The summed E-state index contributed by atoms with van der Waals surface area (Å²) in [6.07, 6.45) is 0.0189. The zero-order valence-corrected chi connectivity index (χ0v) is 12.6. The Balaban J connectivity index is 2.28. The third-order valence-electron chi connectivity index (χ3n) is 2.86. The van der Waals surface area contributed by atoms with Crippen LogP contribution in [0.15, 0.2) is 40.9 Å². The summed E-state index contributed by atoms with van der Waals surface area (Å²) in [6, 6.07) is 9.79. The van der Waals surface area contributed by atoms with Crippen LogP contribution in [0.4, 0.5) is 4.39 Å². The molecule has 0 saturated heterocycles. The maximum atomic E-state index is 13.7. The smallest absolute Gasteiger partial charge is 0.168 e. The van der Waals surface area contributed by atoms with Gasteiger partial charge in [-0.15, -0.1) is 0 Å². The molecule has 1 nitrogen and oxygen atoms in total. The zero-order valence-electron chi connectivity index (χ0n) is 10.2. The van der Waals surface area contributed by atoms with Gasteiger partial charge in [-0.1, -0.05) is 35.9 Å². The van der Waals surface area contributed by atoms with Gasteiger partial charge in [0, 0.05) is 21.5 Å². The first kappa shape index (κ1) is 14.2. The Morgan fingerprint density at radius 3 is 2.74 bits per heavy atom. The summed E-state index contributed by atoms with van der Waals surface area (Å²) in [6.45, 7) is 1.91. The highest BCUT2D eigenvalue weighted by molar-refractivity contribution is 9.10. The Hall–Kier alpha value is -1.19. The van der Waals surface area contributed by atoms with Crippen LogP contribution in [0.1, 0.15) is 21.5 Å². The predicted molar refractivity (Wildman–Crippen MR) is 78.3 cm³/mol. The molecule has 0 aromatic heterocycles. The lowest BCUT2D eigenvalue weighted by atomic mass is 10.0. The molecule has 0 unspecified atom stereocenters. The topological polar surface area (TPSA) is 17.1 Å². The van der Waals surface area contributed by atoms with Gasteiger partial charge < -0.3 is 0 Å². The predicted octanol–water partition coefficient (Wildman–Crippen LogP) is 4.98. The van der Waals surface area contributed by atoms with E-state index in [-0.39, 0.29) is 12.2 Å². The molecule has 0 fully saturated rings. The van der Waals surface area contributed by atoms with Crippen LogP contribution in [0.5, 0.6) is 0 Å². The number of ketones is 1. The van der Waals surface area contributed by atoms with Gasteiger partial charge in [0.05, 0.1) is 0 Å². The van der Waals surface area contributed by atoms with E-state index in [1.165, 1.54) is 6.07 Å². The van der Waals surface area contributed by atoms with Crippen LogP contribution in [-0.4, -0.2) is 5.78 Å². The standard InChI is InChI=1S/C15H11BrClFO/c1-9-3-2-4-12(15(9)16)14(19)7-10-5-6-11(17)8-13(10)18/h2-6,8H,7H2,1H3. The minimum absolute atomic E-state index is 0.0189. The van der Waals surface area contributed by atoms with E-state index in [0.717, 1.165) is 10.0 Å². The molecule has 0 amide bonds. The number of rotatable bonds is 3. The summed E-state index contributed by atoms with van der Waals surface area (Å²) in [5, 5.41) is 0.324. The van der Waals surface area contributed by atoms with Crippen molar-refractivity contribution in [1.29, 1.82) is 0 Å². The average Bonchev–Trinajstić information content (AvgIpc) is 2.36. The van der Waals surface area contributed by atoms with Crippen LogP contribution in [0, 0.1) is 12.7 Å². The van der Waals surface area contributed by atoms with Crippen molar-refractivity contribution in [3.63, 3.8) is 0 Å².